The van der Waals surface area contributed by atoms with Crippen LogP contribution < -0.4 is 5.32 Å². The van der Waals surface area contributed by atoms with Gasteiger partial charge in [-0.3, -0.25) is 4.79 Å². The quantitative estimate of drug-likeness (QED) is 0.535. The van der Waals surface area contributed by atoms with Gasteiger partial charge in [0.15, 0.2) is 6.10 Å². The molecule has 0 radical (unpaired) electrons. The summed E-state index contributed by atoms with van der Waals surface area (Å²) < 4.78 is 6.19. The first-order valence-electron chi connectivity index (χ1n) is 8.18. The SMILES string of the molecule is C[C@H](OC(=O)/C=C/c1nc2ccccc2s1)C(=O)NCc1ccccc1. The van der Waals surface area contributed by atoms with Crippen molar-refractivity contribution in [3.63, 3.8) is 0 Å². The molecule has 0 saturated heterocycles. The predicted molar refractivity (Wildman–Crippen MR) is 102 cm³/mol. The number of thiazole rings is 1. The maximum Gasteiger partial charge on any atom is 0.331 e. The number of amides is 1. The largest absolute Gasteiger partial charge is 0.449 e. The number of esters is 1. The molecule has 3 aromatic rings. The number of fused-ring (bicyclic) bond motifs is 1. The van der Waals surface area contributed by atoms with Crippen LogP contribution in [-0.2, 0) is 20.9 Å². The summed E-state index contributed by atoms with van der Waals surface area (Å²) in [7, 11) is 0. The van der Waals surface area contributed by atoms with Gasteiger partial charge in [0.1, 0.15) is 5.01 Å². The number of carbonyl (C=O) groups excluding carboxylic acids is 2. The van der Waals surface area contributed by atoms with E-state index < -0.39 is 12.1 Å². The maximum atomic E-state index is 12.0. The van der Waals surface area contributed by atoms with Gasteiger partial charge in [-0.2, -0.15) is 0 Å². The number of para-hydroxylation sites is 1. The molecule has 6 heteroatoms. The van der Waals surface area contributed by atoms with Crippen LogP contribution in [0.2, 0.25) is 0 Å². The van der Waals surface area contributed by atoms with Gasteiger partial charge in [-0.25, -0.2) is 9.78 Å². The second-order valence-electron chi connectivity index (χ2n) is 5.64. The third-order valence-electron chi connectivity index (χ3n) is 3.64. The number of nitrogens with zero attached hydrogens (tertiary/aromatic N) is 1. The summed E-state index contributed by atoms with van der Waals surface area (Å²) in [5.74, 6) is -0.915. The lowest BCUT2D eigenvalue weighted by Crippen LogP contribution is -2.35. The fourth-order valence-corrected chi connectivity index (χ4v) is 3.17. The highest BCUT2D eigenvalue weighted by atomic mass is 32.1. The molecule has 0 spiro atoms. The molecule has 1 amide bonds. The molecule has 1 heterocycles. The molecule has 1 atom stereocenters. The molecule has 0 saturated carbocycles. The molecule has 0 aliphatic rings. The molecule has 1 aromatic heterocycles. The average molecular weight is 366 g/mol. The minimum Gasteiger partial charge on any atom is -0.449 e. The first-order chi connectivity index (χ1) is 12.6. The number of nitrogens with one attached hydrogen (secondary N) is 1. The Bertz CT molecular complexity index is 901. The van der Waals surface area contributed by atoms with Gasteiger partial charge in [-0.1, -0.05) is 42.5 Å². The van der Waals surface area contributed by atoms with Crippen LogP contribution in [0.5, 0.6) is 0 Å². The zero-order chi connectivity index (χ0) is 18.4. The summed E-state index contributed by atoms with van der Waals surface area (Å²) in [5.41, 5.74) is 1.87. The van der Waals surface area contributed by atoms with Crippen molar-refractivity contribution < 1.29 is 14.3 Å². The Balaban J connectivity index is 1.50. The van der Waals surface area contributed by atoms with E-state index in [0.29, 0.717) is 11.6 Å². The first-order valence-corrected chi connectivity index (χ1v) is 8.99. The van der Waals surface area contributed by atoms with E-state index in [2.05, 4.69) is 10.3 Å². The van der Waals surface area contributed by atoms with E-state index in [4.69, 9.17) is 4.74 Å². The normalized spacial score (nSPS) is 12.2. The van der Waals surface area contributed by atoms with Gasteiger partial charge in [-0.05, 0) is 30.7 Å². The number of hydrogen-bond donors (Lipinski definition) is 1. The number of ether oxygens (including phenoxy) is 1. The second kappa shape index (κ2) is 8.40. The smallest absolute Gasteiger partial charge is 0.331 e. The lowest BCUT2D eigenvalue weighted by Gasteiger charge is -2.12. The van der Waals surface area contributed by atoms with E-state index in [-0.39, 0.29) is 5.91 Å². The van der Waals surface area contributed by atoms with Crippen LogP contribution in [0.1, 0.15) is 17.5 Å². The number of hydrogen-bond acceptors (Lipinski definition) is 5. The fraction of sp³-hybridized carbons (Fsp3) is 0.150. The van der Waals surface area contributed by atoms with Gasteiger partial charge in [0.2, 0.25) is 0 Å². The lowest BCUT2D eigenvalue weighted by atomic mass is 10.2. The Kier molecular flexibility index (Phi) is 5.76. The Morgan fingerprint density at radius 1 is 1.15 bits per heavy atom. The molecule has 0 aliphatic carbocycles. The first kappa shape index (κ1) is 17.8. The second-order valence-corrected chi connectivity index (χ2v) is 6.70. The molecule has 132 valence electrons. The van der Waals surface area contributed by atoms with Crippen LogP contribution in [-0.4, -0.2) is 23.0 Å². The Morgan fingerprint density at radius 3 is 2.65 bits per heavy atom. The zero-order valence-electron chi connectivity index (χ0n) is 14.2. The molecule has 0 fully saturated rings. The summed E-state index contributed by atoms with van der Waals surface area (Å²) in [6.07, 6.45) is 2.02. The summed E-state index contributed by atoms with van der Waals surface area (Å²) in [6.45, 7) is 1.94. The highest BCUT2D eigenvalue weighted by molar-refractivity contribution is 7.19. The van der Waals surface area contributed by atoms with Gasteiger partial charge in [-0.15, -0.1) is 11.3 Å². The monoisotopic (exact) mass is 366 g/mol. The molecule has 3 rings (SSSR count). The van der Waals surface area contributed by atoms with Crippen LogP contribution in [0.4, 0.5) is 0 Å². The van der Waals surface area contributed by atoms with E-state index in [9.17, 15) is 9.59 Å². The minimum absolute atomic E-state index is 0.337. The number of aromatic nitrogens is 1. The minimum atomic E-state index is -0.869. The summed E-state index contributed by atoms with van der Waals surface area (Å²) >= 11 is 1.49. The molecule has 0 aliphatic heterocycles. The molecule has 0 unspecified atom stereocenters. The Hall–Kier alpha value is -2.99. The van der Waals surface area contributed by atoms with Gasteiger partial charge in [0, 0.05) is 12.6 Å². The zero-order valence-corrected chi connectivity index (χ0v) is 15.0. The highest BCUT2D eigenvalue weighted by Crippen LogP contribution is 2.22. The molecule has 0 bridgehead atoms. The highest BCUT2D eigenvalue weighted by Gasteiger charge is 2.16. The van der Waals surface area contributed by atoms with Crippen LogP contribution in [0, 0.1) is 0 Å². The number of carbonyl (C=O) groups is 2. The molecular weight excluding hydrogens is 348 g/mol. The summed E-state index contributed by atoms with van der Waals surface area (Å²) in [4.78, 5) is 28.3. The van der Waals surface area contributed by atoms with Crippen LogP contribution in [0.3, 0.4) is 0 Å². The van der Waals surface area contributed by atoms with Gasteiger partial charge >= 0.3 is 5.97 Å². The molecule has 2 aromatic carbocycles. The number of benzene rings is 2. The predicted octanol–water partition coefficient (Wildman–Crippen LogP) is 3.56. The molecule has 26 heavy (non-hydrogen) atoms. The van der Waals surface area contributed by atoms with Crippen molar-refractivity contribution in [3.05, 3.63) is 71.2 Å². The summed E-state index contributed by atoms with van der Waals surface area (Å²) in [5, 5.41) is 3.46. The molecule has 5 nitrogen and oxygen atoms in total. The third kappa shape index (κ3) is 4.77. The molecule has 1 N–H and O–H groups in total. The standard InChI is InChI=1S/C20H18N2O3S/c1-14(20(24)21-13-15-7-3-2-4-8-15)25-19(23)12-11-18-22-16-9-5-6-10-17(16)26-18/h2-12,14H,13H2,1H3,(H,21,24)/b12-11+/t14-/m0/s1. The average Bonchev–Trinajstić information content (AvgIpc) is 3.08. The van der Waals surface area contributed by atoms with Crippen molar-refractivity contribution in [3.8, 4) is 0 Å². The summed E-state index contributed by atoms with van der Waals surface area (Å²) in [6, 6.07) is 17.3. The van der Waals surface area contributed by atoms with Crippen molar-refractivity contribution in [2.45, 2.75) is 19.6 Å². The maximum absolute atomic E-state index is 12.0. The van der Waals surface area contributed by atoms with Gasteiger partial charge in [0.25, 0.3) is 5.91 Å². The van der Waals surface area contributed by atoms with Crippen molar-refractivity contribution in [1.82, 2.24) is 10.3 Å². The van der Waals surface area contributed by atoms with E-state index in [0.717, 1.165) is 15.8 Å². The number of rotatable bonds is 6. The van der Waals surface area contributed by atoms with E-state index in [1.165, 1.54) is 17.4 Å². The van der Waals surface area contributed by atoms with E-state index in [1.54, 1.807) is 13.0 Å². The topological polar surface area (TPSA) is 68.3 Å². The Morgan fingerprint density at radius 2 is 1.88 bits per heavy atom. The van der Waals surface area contributed by atoms with Gasteiger partial charge in [0.05, 0.1) is 10.2 Å². The fourth-order valence-electron chi connectivity index (χ4n) is 2.30. The van der Waals surface area contributed by atoms with Crippen molar-refractivity contribution in [1.29, 1.82) is 0 Å². The van der Waals surface area contributed by atoms with Crippen LogP contribution >= 0.6 is 11.3 Å². The third-order valence-corrected chi connectivity index (χ3v) is 4.65. The Labute approximate surface area is 155 Å². The van der Waals surface area contributed by atoms with Crippen molar-refractivity contribution in [2.75, 3.05) is 0 Å². The van der Waals surface area contributed by atoms with Crippen LogP contribution in [0.25, 0.3) is 16.3 Å². The lowest BCUT2D eigenvalue weighted by molar-refractivity contribution is -0.150. The molecular formula is C20H18N2O3S. The van der Waals surface area contributed by atoms with E-state index in [1.807, 2.05) is 54.6 Å². The van der Waals surface area contributed by atoms with Gasteiger partial charge < -0.3 is 10.1 Å². The van der Waals surface area contributed by atoms with Crippen molar-refractivity contribution in [2.24, 2.45) is 0 Å². The van der Waals surface area contributed by atoms with Crippen LogP contribution in [0.15, 0.2) is 60.7 Å². The van der Waals surface area contributed by atoms with Crippen molar-refractivity contribution >= 4 is 39.5 Å². The van der Waals surface area contributed by atoms with E-state index >= 15 is 0 Å².